The van der Waals surface area contributed by atoms with Gasteiger partial charge in [-0.15, -0.1) is 0 Å². The minimum absolute atomic E-state index is 0.0609. The molecule has 3 amide bonds. The molecule has 2 atom stereocenters. The molecule has 0 aromatic carbocycles. The normalized spacial score (nSPS) is 27.5. The molecular weight excluding hydrogens is 290 g/mol. The Morgan fingerprint density at radius 1 is 1.45 bits per heavy atom. The Bertz CT molecular complexity index is 513. The fourth-order valence-electron chi connectivity index (χ4n) is 2.53. The van der Waals surface area contributed by atoms with Gasteiger partial charge in [-0.1, -0.05) is 13.8 Å². The molecule has 8 nitrogen and oxygen atoms in total. The molecule has 2 aliphatic heterocycles. The van der Waals surface area contributed by atoms with E-state index in [1.807, 2.05) is 13.8 Å². The van der Waals surface area contributed by atoms with Gasteiger partial charge in [0.2, 0.25) is 11.7 Å². The molecule has 0 spiro atoms. The largest absolute Gasteiger partial charge is 0.355 e. The topological polar surface area (TPSA) is 114 Å². The number of nitrogens with two attached hydrogens (primary N) is 1. The Labute approximate surface area is 128 Å². The van der Waals surface area contributed by atoms with Crippen LogP contribution >= 0.6 is 0 Å². The lowest BCUT2D eigenvalue weighted by molar-refractivity contribution is -0.137. The van der Waals surface area contributed by atoms with E-state index in [2.05, 4.69) is 5.32 Å². The third kappa shape index (κ3) is 3.34. The second-order valence-electron chi connectivity index (χ2n) is 6.31. The van der Waals surface area contributed by atoms with Crippen LogP contribution in [0.5, 0.6) is 0 Å². The first-order chi connectivity index (χ1) is 10.2. The second-order valence-corrected chi connectivity index (χ2v) is 6.31. The quantitative estimate of drug-likeness (QED) is 0.370. The van der Waals surface area contributed by atoms with E-state index in [4.69, 9.17) is 15.5 Å². The van der Waals surface area contributed by atoms with Crippen molar-refractivity contribution in [1.29, 1.82) is 0 Å². The first-order valence-electron chi connectivity index (χ1n) is 7.05. The van der Waals surface area contributed by atoms with E-state index in [0.717, 1.165) is 4.90 Å². The Morgan fingerprint density at radius 3 is 2.55 bits per heavy atom. The highest BCUT2D eigenvalue weighted by atomic mass is 16.8. The first kappa shape index (κ1) is 16.6. The molecule has 0 aromatic rings. The van der Waals surface area contributed by atoms with Crippen molar-refractivity contribution in [1.82, 2.24) is 10.2 Å². The van der Waals surface area contributed by atoms with Crippen molar-refractivity contribution in [2.75, 3.05) is 13.1 Å². The number of carbonyl (C=O) groups excluding carboxylic acids is 3. The summed E-state index contributed by atoms with van der Waals surface area (Å²) < 4.78 is 5.42. The zero-order chi connectivity index (χ0) is 16.5. The summed E-state index contributed by atoms with van der Waals surface area (Å²) in [6, 6.07) is 0. The van der Waals surface area contributed by atoms with Crippen LogP contribution in [0.25, 0.3) is 0 Å². The van der Waals surface area contributed by atoms with Gasteiger partial charge in [-0.05, 0) is 6.92 Å². The Balaban J connectivity index is 1.74. The fraction of sp³-hybridized carbons (Fsp3) is 0.643. The molecule has 0 aromatic heterocycles. The molecule has 0 saturated carbocycles. The smallest absolute Gasteiger partial charge is 0.253 e. The van der Waals surface area contributed by atoms with Crippen molar-refractivity contribution < 1.29 is 24.0 Å². The van der Waals surface area contributed by atoms with Gasteiger partial charge in [-0.3, -0.25) is 24.1 Å². The van der Waals surface area contributed by atoms with E-state index in [0.29, 0.717) is 6.54 Å². The molecule has 0 radical (unpaired) electrons. The third-order valence-corrected chi connectivity index (χ3v) is 3.92. The second kappa shape index (κ2) is 5.79. The molecule has 2 aliphatic rings. The van der Waals surface area contributed by atoms with Crippen LogP contribution in [0.15, 0.2) is 12.2 Å². The molecule has 3 N–H and O–H groups in total. The minimum Gasteiger partial charge on any atom is -0.355 e. The van der Waals surface area contributed by atoms with Crippen LogP contribution in [-0.4, -0.2) is 47.6 Å². The van der Waals surface area contributed by atoms with Crippen molar-refractivity contribution in [2.45, 2.75) is 39.1 Å². The van der Waals surface area contributed by atoms with Gasteiger partial charge in [0.05, 0.1) is 0 Å². The van der Waals surface area contributed by atoms with Crippen LogP contribution in [0.3, 0.4) is 0 Å². The number of imide groups is 1. The van der Waals surface area contributed by atoms with Gasteiger partial charge < -0.3 is 10.1 Å². The maximum absolute atomic E-state index is 11.9. The summed E-state index contributed by atoms with van der Waals surface area (Å²) >= 11 is 0. The molecule has 2 rings (SSSR count). The van der Waals surface area contributed by atoms with Crippen LogP contribution in [0.2, 0.25) is 0 Å². The average Bonchev–Trinajstić information content (AvgIpc) is 3.07. The van der Waals surface area contributed by atoms with Gasteiger partial charge in [-0.2, -0.15) is 0 Å². The maximum atomic E-state index is 11.9. The summed E-state index contributed by atoms with van der Waals surface area (Å²) in [4.78, 5) is 40.4. The number of epoxide rings is 1. The monoisotopic (exact) mass is 311 g/mol. The number of rotatable bonds is 7. The fourth-order valence-corrected chi connectivity index (χ4v) is 2.53. The van der Waals surface area contributed by atoms with E-state index in [1.165, 1.54) is 12.2 Å². The van der Waals surface area contributed by atoms with Gasteiger partial charge in [0.25, 0.3) is 11.8 Å². The summed E-state index contributed by atoms with van der Waals surface area (Å²) in [5, 5.41) is 2.77. The lowest BCUT2D eigenvalue weighted by Gasteiger charge is -2.24. The van der Waals surface area contributed by atoms with Crippen molar-refractivity contribution in [3.63, 3.8) is 0 Å². The van der Waals surface area contributed by atoms with Gasteiger partial charge in [0, 0.05) is 37.1 Å². The molecular formula is C14H21N3O5. The lowest BCUT2D eigenvalue weighted by atomic mass is 9.86. The molecule has 22 heavy (non-hydrogen) atoms. The van der Waals surface area contributed by atoms with Crippen LogP contribution in [0, 0.1) is 5.41 Å². The predicted octanol–water partition coefficient (Wildman–Crippen LogP) is -0.551. The Morgan fingerprint density at radius 2 is 2.05 bits per heavy atom. The van der Waals surface area contributed by atoms with Gasteiger partial charge in [0.15, 0.2) is 0 Å². The summed E-state index contributed by atoms with van der Waals surface area (Å²) in [6.45, 7) is 6.04. The number of nitrogens with one attached hydrogen (secondary N) is 1. The van der Waals surface area contributed by atoms with Gasteiger partial charge in [-0.25, -0.2) is 5.90 Å². The number of ether oxygens (including phenoxy) is 1. The lowest BCUT2D eigenvalue weighted by Crippen LogP contribution is -2.41. The molecule has 1 saturated heterocycles. The molecule has 0 aliphatic carbocycles. The van der Waals surface area contributed by atoms with Gasteiger partial charge >= 0.3 is 0 Å². The highest BCUT2D eigenvalue weighted by Crippen LogP contribution is 2.46. The highest BCUT2D eigenvalue weighted by molar-refractivity contribution is 6.13. The number of hydrogen-bond acceptors (Lipinski definition) is 6. The molecule has 122 valence electrons. The van der Waals surface area contributed by atoms with Crippen LogP contribution in [0.1, 0.15) is 27.2 Å². The Kier molecular flexibility index (Phi) is 4.37. The van der Waals surface area contributed by atoms with Crippen molar-refractivity contribution in [3.8, 4) is 0 Å². The van der Waals surface area contributed by atoms with Crippen molar-refractivity contribution in [3.05, 3.63) is 12.2 Å². The zero-order valence-electron chi connectivity index (χ0n) is 12.9. The van der Waals surface area contributed by atoms with Gasteiger partial charge in [0.1, 0.15) is 6.10 Å². The van der Waals surface area contributed by atoms with Crippen molar-refractivity contribution in [2.24, 2.45) is 11.3 Å². The predicted molar refractivity (Wildman–Crippen MR) is 75.8 cm³/mol. The summed E-state index contributed by atoms with van der Waals surface area (Å²) in [5.74, 6) is 3.34. The molecule has 2 heterocycles. The van der Waals surface area contributed by atoms with E-state index < -0.39 is 5.79 Å². The maximum Gasteiger partial charge on any atom is 0.253 e. The van der Waals surface area contributed by atoms with Crippen LogP contribution < -0.4 is 11.2 Å². The third-order valence-electron chi connectivity index (χ3n) is 3.92. The van der Waals surface area contributed by atoms with Crippen LogP contribution in [-0.2, 0) is 24.0 Å². The molecule has 0 bridgehead atoms. The molecule has 8 heteroatoms. The summed E-state index contributed by atoms with van der Waals surface area (Å²) in [5.41, 5.74) is -0.357. The average molecular weight is 311 g/mol. The summed E-state index contributed by atoms with van der Waals surface area (Å²) in [6.07, 6.45) is 2.24. The number of carbonyl (C=O) groups is 3. The SMILES string of the molecule is CC(C)(CNC(=O)CCN1C(=O)C=CC1=O)C1OC1(C)ON. The zero-order valence-corrected chi connectivity index (χ0v) is 12.9. The molecule has 2 unspecified atom stereocenters. The van der Waals surface area contributed by atoms with E-state index >= 15 is 0 Å². The van der Waals surface area contributed by atoms with Crippen LogP contribution in [0.4, 0.5) is 0 Å². The Hall–Kier alpha value is -1.77. The number of nitrogens with zero attached hydrogens (tertiary/aromatic N) is 1. The van der Waals surface area contributed by atoms with E-state index in [-0.39, 0.29) is 42.2 Å². The number of hydrogen-bond donors (Lipinski definition) is 2. The van der Waals surface area contributed by atoms with E-state index in [9.17, 15) is 14.4 Å². The molecule has 1 fully saturated rings. The standard InChI is InChI=1S/C14H21N3O5/c1-13(2,12-14(3,21-12)22-15)8-16-9(18)6-7-17-10(19)4-5-11(17)20/h4-5,12H,6-8,15H2,1-3H3,(H,16,18). The van der Waals surface area contributed by atoms with E-state index in [1.54, 1.807) is 6.92 Å². The number of amides is 3. The summed E-state index contributed by atoms with van der Waals surface area (Å²) in [7, 11) is 0. The first-order valence-corrected chi connectivity index (χ1v) is 7.05. The van der Waals surface area contributed by atoms with Crippen molar-refractivity contribution >= 4 is 17.7 Å². The minimum atomic E-state index is -0.811. The highest BCUT2D eigenvalue weighted by Gasteiger charge is 2.61.